The smallest absolute Gasteiger partial charge is 0.344 e. The topological polar surface area (TPSA) is 95.9 Å². The van der Waals surface area contributed by atoms with Gasteiger partial charge in [0.15, 0.2) is 6.10 Å². The highest BCUT2D eigenvalue weighted by Gasteiger charge is 2.34. The molecule has 1 saturated heterocycles. The molecule has 4 rings (SSSR count). The van der Waals surface area contributed by atoms with E-state index in [4.69, 9.17) is 4.74 Å². The van der Waals surface area contributed by atoms with E-state index < -0.39 is 23.9 Å². The van der Waals surface area contributed by atoms with Gasteiger partial charge in [-0.05, 0) is 42.0 Å². The lowest BCUT2D eigenvalue weighted by Crippen LogP contribution is -2.35. The molecule has 1 aliphatic rings. The number of para-hydroxylation sites is 1. The maximum Gasteiger partial charge on any atom is 0.344 e. The van der Waals surface area contributed by atoms with Gasteiger partial charge in [0.05, 0.1) is 5.69 Å². The van der Waals surface area contributed by atoms with E-state index >= 15 is 0 Å². The summed E-state index contributed by atoms with van der Waals surface area (Å²) in [5.41, 5.74) is 3.49. The molecule has 30 heavy (non-hydrogen) atoms. The minimum atomic E-state index is -1.12. The van der Waals surface area contributed by atoms with Crippen LogP contribution >= 0.6 is 0 Å². The molecule has 1 unspecified atom stereocenters. The number of nitrogens with zero attached hydrogens (tertiary/aromatic N) is 1. The number of fused-ring (bicyclic) bond motifs is 1. The number of amides is 2. The van der Waals surface area contributed by atoms with Crippen molar-refractivity contribution < 1.29 is 24.2 Å². The predicted octanol–water partition coefficient (Wildman–Crippen LogP) is 3.15. The number of anilines is 1. The second kappa shape index (κ2) is 7.71. The first-order valence-corrected chi connectivity index (χ1v) is 9.29. The van der Waals surface area contributed by atoms with Gasteiger partial charge in [0, 0.05) is 5.56 Å². The van der Waals surface area contributed by atoms with Crippen molar-refractivity contribution in [1.82, 2.24) is 5.43 Å². The molecule has 0 bridgehead atoms. The zero-order valence-electron chi connectivity index (χ0n) is 16.0. The molecule has 0 saturated carbocycles. The molecule has 150 valence electrons. The third-order valence-corrected chi connectivity index (χ3v) is 4.78. The predicted molar refractivity (Wildman–Crippen MR) is 112 cm³/mol. The minimum absolute atomic E-state index is 0.0666. The summed E-state index contributed by atoms with van der Waals surface area (Å²) >= 11 is 0. The van der Waals surface area contributed by atoms with Crippen LogP contribution < -0.4 is 15.2 Å². The van der Waals surface area contributed by atoms with Gasteiger partial charge < -0.3 is 9.84 Å². The van der Waals surface area contributed by atoms with E-state index in [1.54, 1.807) is 36.4 Å². The molecule has 0 aromatic heterocycles. The SMILES string of the molecule is CC(Oc1ccc2ccccc2c1C=C1C(=O)NN(c2ccccc2)C1=O)C(=O)O. The average molecular weight is 402 g/mol. The van der Waals surface area contributed by atoms with Crippen molar-refractivity contribution >= 4 is 40.3 Å². The lowest BCUT2D eigenvalue weighted by atomic mass is 10.0. The molecule has 2 amide bonds. The summed E-state index contributed by atoms with van der Waals surface area (Å²) in [6.45, 7) is 1.42. The Morgan fingerprint density at radius 3 is 2.47 bits per heavy atom. The van der Waals surface area contributed by atoms with Crippen LogP contribution in [0.1, 0.15) is 12.5 Å². The number of hydrogen-bond donors (Lipinski definition) is 2. The lowest BCUT2D eigenvalue weighted by molar-refractivity contribution is -0.144. The van der Waals surface area contributed by atoms with Gasteiger partial charge in [0.1, 0.15) is 11.3 Å². The van der Waals surface area contributed by atoms with Crippen LogP contribution in [0.25, 0.3) is 16.8 Å². The molecular weight excluding hydrogens is 384 g/mol. The largest absolute Gasteiger partial charge is 0.479 e. The summed E-state index contributed by atoms with van der Waals surface area (Å²) in [5.74, 6) is -1.90. The maximum absolute atomic E-state index is 12.9. The Balaban J connectivity index is 1.82. The quantitative estimate of drug-likeness (QED) is 0.505. The summed E-state index contributed by atoms with van der Waals surface area (Å²) in [6.07, 6.45) is 0.351. The van der Waals surface area contributed by atoms with Gasteiger partial charge in [-0.25, -0.2) is 9.80 Å². The van der Waals surface area contributed by atoms with Crippen LogP contribution in [0.5, 0.6) is 5.75 Å². The molecule has 3 aromatic carbocycles. The van der Waals surface area contributed by atoms with Crippen LogP contribution in [0.3, 0.4) is 0 Å². The van der Waals surface area contributed by atoms with Crippen LogP contribution in [0, 0.1) is 0 Å². The Morgan fingerprint density at radius 1 is 1.03 bits per heavy atom. The first kappa shape index (κ1) is 19.2. The molecule has 1 atom stereocenters. The number of carbonyl (C=O) groups is 3. The fourth-order valence-corrected chi connectivity index (χ4v) is 3.23. The van der Waals surface area contributed by atoms with Crippen molar-refractivity contribution in [3.05, 3.63) is 77.9 Å². The number of benzene rings is 3. The highest BCUT2D eigenvalue weighted by Crippen LogP contribution is 2.32. The molecular formula is C23H18N2O5. The first-order valence-electron chi connectivity index (χ1n) is 9.29. The lowest BCUT2D eigenvalue weighted by Gasteiger charge is -2.15. The van der Waals surface area contributed by atoms with Crippen molar-refractivity contribution in [3.63, 3.8) is 0 Å². The van der Waals surface area contributed by atoms with Crippen LogP contribution in [-0.4, -0.2) is 29.0 Å². The van der Waals surface area contributed by atoms with Gasteiger partial charge in [-0.3, -0.25) is 15.0 Å². The van der Waals surface area contributed by atoms with E-state index in [2.05, 4.69) is 5.43 Å². The van der Waals surface area contributed by atoms with Gasteiger partial charge in [0.25, 0.3) is 11.8 Å². The Morgan fingerprint density at radius 2 is 1.73 bits per heavy atom. The van der Waals surface area contributed by atoms with Gasteiger partial charge in [-0.2, -0.15) is 0 Å². The molecule has 3 aromatic rings. The standard InChI is InChI=1S/C23H18N2O5/c1-14(23(28)29)30-20-12-11-15-7-5-6-10-17(15)18(20)13-19-21(26)24-25(22(19)27)16-8-3-2-4-9-16/h2-14H,1H3,(H,24,26)(H,28,29). The molecule has 1 fully saturated rings. The summed E-state index contributed by atoms with van der Waals surface area (Å²) in [6, 6.07) is 19.6. The normalized spacial score (nSPS) is 16.0. The van der Waals surface area contributed by atoms with E-state index in [1.165, 1.54) is 18.0 Å². The van der Waals surface area contributed by atoms with Crippen molar-refractivity contribution in [3.8, 4) is 5.75 Å². The van der Waals surface area contributed by atoms with Gasteiger partial charge >= 0.3 is 5.97 Å². The fourth-order valence-electron chi connectivity index (χ4n) is 3.23. The number of carboxylic acid groups (broad SMARTS) is 1. The zero-order chi connectivity index (χ0) is 21.3. The van der Waals surface area contributed by atoms with E-state index in [1.807, 2.05) is 30.3 Å². The van der Waals surface area contributed by atoms with Crippen LogP contribution in [0.15, 0.2) is 72.3 Å². The van der Waals surface area contributed by atoms with Gasteiger partial charge in [0.2, 0.25) is 0 Å². The Hall–Kier alpha value is -4.13. The summed E-state index contributed by atoms with van der Waals surface area (Å²) in [5, 5.41) is 12.0. The Bertz CT molecular complexity index is 1190. The van der Waals surface area contributed by atoms with E-state index in [0.29, 0.717) is 11.3 Å². The molecule has 7 heteroatoms. The zero-order valence-corrected chi connectivity index (χ0v) is 16.0. The van der Waals surface area contributed by atoms with Crippen molar-refractivity contribution in [2.45, 2.75) is 13.0 Å². The van der Waals surface area contributed by atoms with E-state index in [-0.39, 0.29) is 11.3 Å². The van der Waals surface area contributed by atoms with Crippen LogP contribution in [-0.2, 0) is 14.4 Å². The third kappa shape index (κ3) is 3.48. The number of hydrazine groups is 1. The molecule has 7 nitrogen and oxygen atoms in total. The number of nitrogens with one attached hydrogen (secondary N) is 1. The van der Waals surface area contributed by atoms with Crippen LogP contribution in [0.2, 0.25) is 0 Å². The monoisotopic (exact) mass is 402 g/mol. The Labute approximate surface area is 172 Å². The number of carbonyl (C=O) groups excluding carboxylic acids is 2. The molecule has 2 N–H and O–H groups in total. The molecule has 1 aliphatic heterocycles. The van der Waals surface area contributed by atoms with Gasteiger partial charge in [-0.15, -0.1) is 0 Å². The van der Waals surface area contributed by atoms with E-state index in [9.17, 15) is 19.5 Å². The summed E-state index contributed by atoms with van der Waals surface area (Å²) < 4.78 is 5.61. The van der Waals surface area contributed by atoms with Crippen LogP contribution in [0.4, 0.5) is 5.69 Å². The maximum atomic E-state index is 12.9. The summed E-state index contributed by atoms with van der Waals surface area (Å²) in [7, 11) is 0. The van der Waals surface area contributed by atoms with Crippen molar-refractivity contribution in [2.75, 3.05) is 5.01 Å². The number of ether oxygens (including phenoxy) is 1. The number of carboxylic acids is 1. The third-order valence-electron chi connectivity index (χ3n) is 4.78. The number of aliphatic carboxylic acids is 1. The second-order valence-electron chi connectivity index (χ2n) is 6.77. The Kier molecular flexibility index (Phi) is 4.93. The number of rotatable bonds is 5. The minimum Gasteiger partial charge on any atom is -0.479 e. The molecule has 0 aliphatic carbocycles. The van der Waals surface area contributed by atoms with Crippen molar-refractivity contribution in [2.24, 2.45) is 0 Å². The number of hydrogen-bond acceptors (Lipinski definition) is 4. The second-order valence-corrected chi connectivity index (χ2v) is 6.77. The summed E-state index contributed by atoms with van der Waals surface area (Å²) in [4.78, 5) is 36.8. The van der Waals surface area contributed by atoms with Crippen molar-refractivity contribution in [1.29, 1.82) is 0 Å². The highest BCUT2D eigenvalue weighted by atomic mass is 16.5. The fraction of sp³-hybridized carbons (Fsp3) is 0.0870. The highest BCUT2D eigenvalue weighted by molar-refractivity contribution is 6.32. The molecule has 0 radical (unpaired) electrons. The van der Waals surface area contributed by atoms with E-state index in [0.717, 1.165) is 10.8 Å². The van der Waals surface area contributed by atoms with Gasteiger partial charge in [-0.1, -0.05) is 48.5 Å². The molecule has 1 heterocycles. The first-order chi connectivity index (χ1) is 14.5. The molecule has 0 spiro atoms. The average Bonchev–Trinajstić information content (AvgIpc) is 3.04.